The van der Waals surface area contributed by atoms with Gasteiger partial charge in [0.1, 0.15) is 13.2 Å². The van der Waals surface area contributed by atoms with Crippen LogP contribution in [0.25, 0.3) is 0 Å². The van der Waals surface area contributed by atoms with Crippen LogP contribution in [0.5, 0.6) is 0 Å². The summed E-state index contributed by atoms with van der Waals surface area (Å²) in [5.74, 6) is -0.892. The predicted molar refractivity (Wildman–Crippen MR) is 325 cm³/mol. The molecule has 1 unspecified atom stereocenters. The van der Waals surface area contributed by atoms with Crippen LogP contribution in [-0.2, 0) is 28.6 Å². The zero-order valence-corrected chi connectivity index (χ0v) is 49.3. The van der Waals surface area contributed by atoms with E-state index >= 15 is 0 Å². The Morgan fingerprint density at radius 1 is 0.280 bits per heavy atom. The maximum Gasteiger partial charge on any atom is 0.306 e. The lowest BCUT2D eigenvalue weighted by molar-refractivity contribution is -0.167. The third-order valence-corrected chi connectivity index (χ3v) is 13.6. The number of rotatable bonds is 57. The van der Waals surface area contributed by atoms with Gasteiger partial charge in [0.25, 0.3) is 0 Å². The first-order chi connectivity index (χ1) is 37.0. The van der Waals surface area contributed by atoms with Crippen molar-refractivity contribution in [2.45, 2.75) is 309 Å². The number of allylic oxidation sites excluding steroid dienone is 16. The van der Waals surface area contributed by atoms with E-state index in [0.717, 1.165) is 109 Å². The van der Waals surface area contributed by atoms with Crippen molar-refractivity contribution in [2.75, 3.05) is 13.2 Å². The average molecular weight is 1040 g/mol. The van der Waals surface area contributed by atoms with Gasteiger partial charge < -0.3 is 14.2 Å². The molecule has 1 atom stereocenters. The number of carbonyl (C=O) groups excluding carboxylic acids is 3. The van der Waals surface area contributed by atoms with Crippen LogP contribution < -0.4 is 0 Å². The number of hydrogen-bond acceptors (Lipinski definition) is 6. The molecule has 0 aromatic rings. The van der Waals surface area contributed by atoms with Gasteiger partial charge in [0, 0.05) is 19.3 Å². The standard InChI is InChI=1S/C69H118O6/c1-4-7-10-13-15-17-19-21-23-25-27-29-31-32-33-34-35-36-38-39-41-43-45-47-49-51-53-56-59-62-68(71)74-65-66(64-73-67(70)61-58-55-12-9-6-3)75-69(72)63-60-57-54-52-50-48-46-44-42-40-37-30-28-26-24-22-20-18-16-14-11-8-5-2/h7,10,15,17,20-23,26-29,32-33,35-36,66H,4-6,8-9,11-14,16,18-19,24-25,30-31,34,37-65H2,1-3H3/b10-7-,17-15-,22-20-,23-21-,28-26-,29-27-,33-32-,36-35-. The Hall–Kier alpha value is -3.67. The van der Waals surface area contributed by atoms with Crippen molar-refractivity contribution in [1.82, 2.24) is 0 Å². The first kappa shape index (κ1) is 71.3. The second-order valence-corrected chi connectivity index (χ2v) is 20.9. The van der Waals surface area contributed by atoms with Crippen LogP contribution in [0.3, 0.4) is 0 Å². The Bertz CT molecular complexity index is 1480. The molecule has 0 aliphatic rings. The van der Waals surface area contributed by atoms with Gasteiger partial charge in [0.2, 0.25) is 0 Å². The van der Waals surface area contributed by atoms with Crippen molar-refractivity contribution in [3.05, 3.63) is 97.2 Å². The van der Waals surface area contributed by atoms with Gasteiger partial charge >= 0.3 is 17.9 Å². The van der Waals surface area contributed by atoms with Crippen molar-refractivity contribution < 1.29 is 28.6 Å². The molecular weight excluding hydrogens is 925 g/mol. The summed E-state index contributed by atoms with van der Waals surface area (Å²) >= 11 is 0. The smallest absolute Gasteiger partial charge is 0.306 e. The van der Waals surface area contributed by atoms with Crippen LogP contribution in [0, 0.1) is 0 Å². The molecular formula is C69H118O6. The molecule has 75 heavy (non-hydrogen) atoms. The first-order valence-corrected chi connectivity index (χ1v) is 31.7. The lowest BCUT2D eigenvalue weighted by Gasteiger charge is -2.18. The number of carbonyl (C=O) groups is 3. The van der Waals surface area contributed by atoms with Crippen molar-refractivity contribution in [1.29, 1.82) is 0 Å². The quantitative estimate of drug-likeness (QED) is 0.0261. The van der Waals surface area contributed by atoms with Crippen LogP contribution in [0.15, 0.2) is 97.2 Å². The molecule has 430 valence electrons. The Kier molecular flexibility index (Phi) is 59.8. The van der Waals surface area contributed by atoms with Crippen LogP contribution in [-0.4, -0.2) is 37.2 Å². The maximum atomic E-state index is 12.8. The van der Waals surface area contributed by atoms with Crippen molar-refractivity contribution in [3.63, 3.8) is 0 Å². The van der Waals surface area contributed by atoms with Crippen LogP contribution in [0.2, 0.25) is 0 Å². The van der Waals surface area contributed by atoms with Gasteiger partial charge in [-0.1, -0.05) is 279 Å². The molecule has 0 saturated heterocycles. The third kappa shape index (κ3) is 61.1. The van der Waals surface area contributed by atoms with E-state index in [2.05, 4.69) is 118 Å². The highest BCUT2D eigenvalue weighted by Crippen LogP contribution is 2.16. The SMILES string of the molecule is CC/C=C\C/C=C\C/C=C\C/C=C\C/C=C\C/C=C\CCCCCCCCCCCCC(=O)OCC(COC(=O)CCCCCCC)OC(=O)CCCCCCCCCCCCC/C=C\C/C=C\CCCCCCC. The highest BCUT2D eigenvalue weighted by atomic mass is 16.6. The number of esters is 3. The molecule has 0 bridgehead atoms. The minimum Gasteiger partial charge on any atom is -0.462 e. The molecule has 0 heterocycles. The summed E-state index contributed by atoms with van der Waals surface area (Å²) < 4.78 is 16.8. The van der Waals surface area contributed by atoms with E-state index in [1.165, 1.54) is 154 Å². The predicted octanol–water partition coefficient (Wildman–Crippen LogP) is 21.7. The van der Waals surface area contributed by atoms with E-state index in [0.29, 0.717) is 19.3 Å². The fourth-order valence-corrected chi connectivity index (χ4v) is 8.83. The van der Waals surface area contributed by atoms with Crippen molar-refractivity contribution >= 4 is 17.9 Å². The summed E-state index contributed by atoms with van der Waals surface area (Å²) in [7, 11) is 0. The Labute approximate surface area is 464 Å². The largest absolute Gasteiger partial charge is 0.462 e. The van der Waals surface area contributed by atoms with E-state index < -0.39 is 6.10 Å². The second-order valence-electron chi connectivity index (χ2n) is 20.9. The Morgan fingerprint density at radius 3 is 0.813 bits per heavy atom. The van der Waals surface area contributed by atoms with Crippen molar-refractivity contribution in [3.8, 4) is 0 Å². The van der Waals surface area contributed by atoms with Gasteiger partial charge in [-0.3, -0.25) is 14.4 Å². The van der Waals surface area contributed by atoms with E-state index in [4.69, 9.17) is 14.2 Å². The number of hydrogen-bond donors (Lipinski definition) is 0. The summed E-state index contributed by atoms with van der Waals surface area (Å²) in [6.45, 7) is 6.45. The lowest BCUT2D eigenvalue weighted by Crippen LogP contribution is -2.30. The fourth-order valence-electron chi connectivity index (χ4n) is 8.83. The van der Waals surface area contributed by atoms with Gasteiger partial charge in [0.05, 0.1) is 0 Å². The van der Waals surface area contributed by atoms with Crippen LogP contribution in [0.4, 0.5) is 0 Å². The normalized spacial score (nSPS) is 12.7. The summed E-state index contributed by atoms with van der Waals surface area (Å²) in [6.07, 6.45) is 84.6. The highest BCUT2D eigenvalue weighted by Gasteiger charge is 2.19. The van der Waals surface area contributed by atoms with Gasteiger partial charge in [-0.2, -0.15) is 0 Å². The lowest BCUT2D eigenvalue weighted by atomic mass is 10.0. The average Bonchev–Trinajstić information content (AvgIpc) is 3.41. The molecule has 6 nitrogen and oxygen atoms in total. The van der Waals surface area contributed by atoms with E-state index in [9.17, 15) is 14.4 Å². The molecule has 0 aliphatic heterocycles. The first-order valence-electron chi connectivity index (χ1n) is 31.7. The molecule has 0 aromatic carbocycles. The second kappa shape index (κ2) is 62.9. The molecule has 0 rings (SSSR count). The molecule has 0 aromatic heterocycles. The summed E-state index contributed by atoms with van der Waals surface area (Å²) in [4.78, 5) is 37.9. The molecule has 0 aliphatic carbocycles. The molecule has 0 N–H and O–H groups in total. The van der Waals surface area contributed by atoms with Gasteiger partial charge in [-0.25, -0.2) is 0 Å². The van der Waals surface area contributed by atoms with Crippen LogP contribution >= 0.6 is 0 Å². The minimum absolute atomic E-state index is 0.0788. The highest BCUT2D eigenvalue weighted by molar-refractivity contribution is 5.71. The summed E-state index contributed by atoms with van der Waals surface area (Å²) in [5, 5.41) is 0. The number of ether oxygens (including phenoxy) is 3. The van der Waals surface area contributed by atoms with E-state index in [1.807, 2.05) is 0 Å². The summed E-state index contributed by atoms with van der Waals surface area (Å²) in [5.41, 5.74) is 0. The molecule has 0 radical (unpaired) electrons. The van der Waals surface area contributed by atoms with Crippen molar-refractivity contribution in [2.24, 2.45) is 0 Å². The minimum atomic E-state index is -0.777. The summed E-state index contributed by atoms with van der Waals surface area (Å²) in [6, 6.07) is 0. The van der Waals surface area contributed by atoms with E-state index in [-0.39, 0.29) is 31.1 Å². The van der Waals surface area contributed by atoms with Crippen LogP contribution in [0.1, 0.15) is 303 Å². The molecule has 0 fully saturated rings. The number of unbranched alkanes of at least 4 members (excludes halogenated alkanes) is 30. The Balaban J connectivity index is 4.06. The Morgan fingerprint density at radius 2 is 0.520 bits per heavy atom. The van der Waals surface area contributed by atoms with Gasteiger partial charge in [0.15, 0.2) is 6.10 Å². The topological polar surface area (TPSA) is 78.9 Å². The van der Waals surface area contributed by atoms with Gasteiger partial charge in [-0.05, 0) is 103 Å². The molecule has 0 spiro atoms. The molecule has 0 saturated carbocycles. The third-order valence-electron chi connectivity index (χ3n) is 13.6. The molecule has 0 amide bonds. The van der Waals surface area contributed by atoms with E-state index in [1.54, 1.807) is 0 Å². The zero-order valence-electron chi connectivity index (χ0n) is 49.3. The monoisotopic (exact) mass is 1040 g/mol. The van der Waals surface area contributed by atoms with Gasteiger partial charge in [-0.15, -0.1) is 0 Å². The zero-order chi connectivity index (χ0) is 54.3. The maximum absolute atomic E-state index is 12.8. The molecule has 6 heteroatoms. The fraction of sp³-hybridized carbons (Fsp3) is 0.725.